The molecule has 2 aromatic carbocycles. The van der Waals surface area contributed by atoms with Crippen LogP contribution in [0.4, 0.5) is 0 Å². The highest BCUT2D eigenvalue weighted by atomic mass is 32.2. The summed E-state index contributed by atoms with van der Waals surface area (Å²) in [6, 6.07) is 16.4. The van der Waals surface area contributed by atoms with Crippen LogP contribution in [0.1, 0.15) is 36.8 Å². The number of sulfonamides is 1. The van der Waals surface area contributed by atoms with Gasteiger partial charge in [0.05, 0.1) is 12.3 Å². The highest BCUT2D eigenvalue weighted by molar-refractivity contribution is 7.88. The van der Waals surface area contributed by atoms with E-state index >= 15 is 0 Å². The molecule has 2 aliphatic heterocycles. The van der Waals surface area contributed by atoms with Crippen LogP contribution in [-0.2, 0) is 27.7 Å². The quantitative estimate of drug-likeness (QED) is 0.824. The van der Waals surface area contributed by atoms with Crippen LogP contribution in [0.3, 0.4) is 0 Å². The molecule has 1 N–H and O–H groups in total. The summed E-state index contributed by atoms with van der Waals surface area (Å²) in [4.78, 5) is 15.0. The van der Waals surface area contributed by atoms with Gasteiger partial charge in [-0.05, 0) is 54.4 Å². The molecule has 0 spiro atoms. The van der Waals surface area contributed by atoms with Crippen molar-refractivity contribution in [3.8, 4) is 11.1 Å². The van der Waals surface area contributed by atoms with Gasteiger partial charge in [0.1, 0.15) is 0 Å². The molecule has 2 aliphatic rings. The zero-order valence-corrected chi connectivity index (χ0v) is 17.6. The van der Waals surface area contributed by atoms with Gasteiger partial charge in [-0.3, -0.25) is 4.79 Å². The lowest BCUT2D eigenvalue weighted by Crippen LogP contribution is -2.57. The van der Waals surface area contributed by atoms with Gasteiger partial charge < -0.3 is 4.90 Å². The highest BCUT2D eigenvalue weighted by Gasteiger charge is 2.35. The summed E-state index contributed by atoms with van der Waals surface area (Å²) in [6.45, 7) is 0.696. The van der Waals surface area contributed by atoms with E-state index < -0.39 is 10.0 Å². The second-order valence-corrected chi connectivity index (χ2v) is 9.99. The first-order chi connectivity index (χ1) is 13.9. The average molecular weight is 413 g/mol. The number of carbonyl (C=O) groups is 1. The van der Waals surface area contributed by atoms with Crippen molar-refractivity contribution in [2.45, 2.75) is 50.6 Å². The molecule has 0 aliphatic carbocycles. The highest BCUT2D eigenvalue weighted by Crippen LogP contribution is 2.29. The number of fused-ring (bicyclic) bond motifs is 5. The van der Waals surface area contributed by atoms with E-state index in [1.54, 1.807) is 0 Å². The van der Waals surface area contributed by atoms with E-state index in [0.717, 1.165) is 31.2 Å². The van der Waals surface area contributed by atoms with Gasteiger partial charge in [-0.15, -0.1) is 0 Å². The minimum absolute atomic E-state index is 0.129. The first-order valence-electron chi connectivity index (χ1n) is 10.3. The first kappa shape index (κ1) is 20.1. The van der Waals surface area contributed by atoms with Crippen molar-refractivity contribution in [1.29, 1.82) is 0 Å². The zero-order chi connectivity index (χ0) is 20.4. The molecule has 1 fully saturated rings. The van der Waals surface area contributed by atoms with Crippen LogP contribution in [0, 0.1) is 0 Å². The topological polar surface area (TPSA) is 66.5 Å². The molecule has 5 nitrogen and oxygen atoms in total. The Hall–Kier alpha value is -2.18. The number of benzene rings is 2. The van der Waals surface area contributed by atoms with E-state index in [0.29, 0.717) is 19.4 Å². The fourth-order valence-electron chi connectivity index (χ4n) is 4.73. The van der Waals surface area contributed by atoms with E-state index in [2.05, 4.69) is 53.3 Å². The van der Waals surface area contributed by atoms with Crippen LogP contribution in [-0.4, -0.2) is 44.1 Å². The smallest absolute Gasteiger partial charge is 0.222 e. The summed E-state index contributed by atoms with van der Waals surface area (Å²) in [5, 5.41) is 0. The Kier molecular flexibility index (Phi) is 5.74. The standard InChI is InChI=1S/C23H28N2O3S/c1-29(27,28)24-21-12-6-14-25-22(21)16-17-7-4-10-19(15-17)20-11-3-2-8-18(20)9-5-13-23(25)26/h2-4,7-8,10-11,15,21-22,24H,5-6,9,12-14,16H2,1H3/t21-,22-/m0/s1. The molecule has 1 saturated heterocycles. The zero-order valence-electron chi connectivity index (χ0n) is 16.8. The molecule has 2 bridgehead atoms. The molecular formula is C23H28N2O3S. The van der Waals surface area contributed by atoms with Gasteiger partial charge in [0, 0.05) is 19.0 Å². The number of carbonyl (C=O) groups excluding carboxylic acids is 1. The van der Waals surface area contributed by atoms with Crippen molar-refractivity contribution in [3.63, 3.8) is 0 Å². The summed E-state index contributed by atoms with van der Waals surface area (Å²) < 4.78 is 26.7. The van der Waals surface area contributed by atoms with Crippen molar-refractivity contribution in [2.24, 2.45) is 0 Å². The van der Waals surface area contributed by atoms with E-state index in [4.69, 9.17) is 0 Å². The second-order valence-electron chi connectivity index (χ2n) is 8.21. The second kappa shape index (κ2) is 8.28. The van der Waals surface area contributed by atoms with E-state index in [-0.39, 0.29) is 18.0 Å². The molecule has 0 aromatic heterocycles. The van der Waals surface area contributed by atoms with Crippen molar-refractivity contribution in [2.75, 3.05) is 12.8 Å². The predicted octanol–water partition coefficient (Wildman–Crippen LogP) is 3.14. The maximum Gasteiger partial charge on any atom is 0.222 e. The molecule has 0 saturated carbocycles. The van der Waals surface area contributed by atoms with Crippen molar-refractivity contribution in [1.82, 2.24) is 9.62 Å². The number of nitrogens with one attached hydrogen (secondary N) is 1. The van der Waals surface area contributed by atoms with Crippen LogP contribution >= 0.6 is 0 Å². The maximum absolute atomic E-state index is 13.1. The van der Waals surface area contributed by atoms with Gasteiger partial charge >= 0.3 is 0 Å². The van der Waals surface area contributed by atoms with Crippen LogP contribution in [0.2, 0.25) is 0 Å². The van der Waals surface area contributed by atoms with Crippen LogP contribution in [0.15, 0.2) is 48.5 Å². The van der Waals surface area contributed by atoms with Crippen LogP contribution < -0.4 is 4.72 Å². The summed E-state index contributed by atoms with van der Waals surface area (Å²) in [7, 11) is -3.34. The summed E-state index contributed by atoms with van der Waals surface area (Å²) in [5.41, 5.74) is 4.79. The van der Waals surface area contributed by atoms with Gasteiger partial charge in [0.25, 0.3) is 0 Å². The van der Waals surface area contributed by atoms with Gasteiger partial charge in [-0.25, -0.2) is 13.1 Å². The summed E-state index contributed by atoms with van der Waals surface area (Å²) in [5.74, 6) is 0.129. The van der Waals surface area contributed by atoms with Crippen LogP contribution in [0.5, 0.6) is 0 Å². The summed E-state index contributed by atoms with van der Waals surface area (Å²) in [6.07, 6.45) is 5.56. The first-order valence-corrected chi connectivity index (χ1v) is 12.2. The number of rotatable bonds is 2. The van der Waals surface area contributed by atoms with Crippen molar-refractivity contribution < 1.29 is 13.2 Å². The number of hydrogen-bond donors (Lipinski definition) is 1. The third-order valence-electron chi connectivity index (χ3n) is 6.00. The third-order valence-corrected chi connectivity index (χ3v) is 6.73. The number of aryl methyl sites for hydroxylation is 1. The largest absolute Gasteiger partial charge is 0.338 e. The maximum atomic E-state index is 13.1. The number of amides is 1. The molecule has 0 radical (unpaired) electrons. The lowest BCUT2D eigenvalue weighted by atomic mass is 9.88. The summed E-state index contributed by atoms with van der Waals surface area (Å²) >= 11 is 0. The Morgan fingerprint density at radius 1 is 1.03 bits per heavy atom. The minimum atomic E-state index is -3.34. The molecule has 1 amide bonds. The molecule has 0 unspecified atom stereocenters. The Labute approximate surface area is 173 Å². The van der Waals surface area contributed by atoms with Crippen LogP contribution in [0.25, 0.3) is 11.1 Å². The van der Waals surface area contributed by atoms with E-state index in [1.807, 2.05) is 4.90 Å². The molecule has 2 aromatic rings. The minimum Gasteiger partial charge on any atom is -0.338 e. The Balaban J connectivity index is 1.75. The normalized spacial score (nSPS) is 22.8. The molecule has 6 heteroatoms. The molecule has 29 heavy (non-hydrogen) atoms. The number of nitrogens with zero attached hydrogens (tertiary/aromatic N) is 1. The van der Waals surface area contributed by atoms with Gasteiger partial charge in [-0.2, -0.15) is 0 Å². The fraction of sp³-hybridized carbons (Fsp3) is 0.435. The Bertz CT molecular complexity index is 1000. The lowest BCUT2D eigenvalue weighted by molar-refractivity contribution is -0.135. The molecule has 2 heterocycles. The van der Waals surface area contributed by atoms with Gasteiger partial charge in [-0.1, -0.05) is 48.5 Å². The predicted molar refractivity (Wildman–Crippen MR) is 115 cm³/mol. The molecule has 2 atom stereocenters. The average Bonchev–Trinajstić information content (AvgIpc) is 2.68. The van der Waals surface area contributed by atoms with Crippen molar-refractivity contribution in [3.05, 3.63) is 59.7 Å². The monoisotopic (exact) mass is 412 g/mol. The number of piperidine rings is 1. The van der Waals surface area contributed by atoms with E-state index in [9.17, 15) is 13.2 Å². The molecule has 154 valence electrons. The van der Waals surface area contributed by atoms with Gasteiger partial charge in [0.2, 0.25) is 15.9 Å². The number of hydrogen-bond acceptors (Lipinski definition) is 3. The molecular weight excluding hydrogens is 384 g/mol. The Morgan fingerprint density at radius 2 is 1.86 bits per heavy atom. The third kappa shape index (κ3) is 4.70. The lowest BCUT2D eigenvalue weighted by Gasteiger charge is -2.42. The van der Waals surface area contributed by atoms with Crippen molar-refractivity contribution >= 4 is 15.9 Å². The van der Waals surface area contributed by atoms with Gasteiger partial charge in [0.15, 0.2) is 0 Å². The Morgan fingerprint density at radius 3 is 2.69 bits per heavy atom. The molecule has 4 rings (SSSR count). The van der Waals surface area contributed by atoms with E-state index in [1.165, 1.54) is 22.9 Å². The fourth-order valence-corrected chi connectivity index (χ4v) is 5.56. The SMILES string of the molecule is CS(=O)(=O)N[C@H]1CCCN2C(=O)CCCc3ccccc3-c3cccc(c3)C[C@@H]12.